The summed E-state index contributed by atoms with van der Waals surface area (Å²) < 4.78 is 0.0465. The number of aliphatic carboxylic acids is 1. The molecule has 1 fully saturated rings. The van der Waals surface area contributed by atoms with Gasteiger partial charge in [-0.25, -0.2) is 9.78 Å². The van der Waals surface area contributed by atoms with E-state index in [-0.39, 0.29) is 20.9 Å². The summed E-state index contributed by atoms with van der Waals surface area (Å²) >= 11 is 8.16. The van der Waals surface area contributed by atoms with E-state index >= 15 is 0 Å². The molecule has 4 heterocycles. The van der Waals surface area contributed by atoms with Crippen molar-refractivity contribution in [3.8, 4) is 0 Å². The van der Waals surface area contributed by atoms with Crippen molar-refractivity contribution in [2.45, 2.75) is 11.4 Å². The van der Waals surface area contributed by atoms with Gasteiger partial charge in [-0.1, -0.05) is 46.3 Å². The Hall–Kier alpha value is -3.42. The van der Waals surface area contributed by atoms with Gasteiger partial charge in [-0.3, -0.25) is 19.5 Å². The van der Waals surface area contributed by atoms with Crippen LogP contribution in [0, 0.1) is 0 Å². The van der Waals surface area contributed by atoms with E-state index in [0.29, 0.717) is 11.3 Å². The number of nitrogen functional groups attached to an aromatic ring is 1. The monoisotopic (exact) mass is 506 g/mol. The van der Waals surface area contributed by atoms with Gasteiger partial charge < -0.3 is 21.4 Å². The number of aromatic nitrogens is 2. The molecule has 0 aliphatic carbocycles. The Morgan fingerprint density at radius 1 is 1.39 bits per heavy atom. The number of rotatable bonds is 6. The number of nitrogens with one attached hydrogen (secondary N) is 1. The van der Waals surface area contributed by atoms with E-state index in [9.17, 15) is 24.7 Å². The van der Waals surface area contributed by atoms with Crippen LogP contribution in [-0.2, 0) is 14.4 Å². The molecule has 2 aliphatic rings. The maximum absolute atomic E-state index is 12.8. The zero-order valence-electron chi connectivity index (χ0n) is 16.5. The third-order valence-electron chi connectivity index (χ3n) is 4.79. The largest absolute Gasteiger partial charge is 0.477 e. The molecular weight excluding hydrogens is 492 g/mol. The smallest absolute Gasteiger partial charge is 0.352 e. The van der Waals surface area contributed by atoms with Crippen molar-refractivity contribution in [2.24, 2.45) is 5.16 Å². The number of anilines is 1. The van der Waals surface area contributed by atoms with Crippen molar-refractivity contribution < 1.29 is 24.7 Å². The topological polar surface area (TPSA) is 171 Å². The lowest BCUT2D eigenvalue weighted by Crippen LogP contribution is -2.71. The first-order chi connectivity index (χ1) is 15.8. The molecule has 0 bridgehead atoms. The van der Waals surface area contributed by atoms with Crippen LogP contribution in [0.3, 0.4) is 0 Å². The molecule has 0 spiro atoms. The van der Waals surface area contributed by atoms with E-state index in [1.165, 1.54) is 11.8 Å². The Bertz CT molecular complexity index is 1230. The van der Waals surface area contributed by atoms with Crippen LogP contribution >= 0.6 is 34.7 Å². The van der Waals surface area contributed by atoms with Crippen molar-refractivity contribution in [3.05, 3.63) is 57.5 Å². The van der Waals surface area contributed by atoms with Gasteiger partial charge in [0.2, 0.25) is 0 Å². The number of fused-ring (bicyclic) bond motifs is 1. The van der Waals surface area contributed by atoms with Crippen molar-refractivity contribution in [1.29, 1.82) is 0 Å². The van der Waals surface area contributed by atoms with Gasteiger partial charge in [0.1, 0.15) is 27.1 Å². The molecule has 11 nitrogen and oxygen atoms in total. The fraction of sp³-hybridized carbons (Fsp3) is 0.158. The van der Waals surface area contributed by atoms with E-state index in [1.54, 1.807) is 30.6 Å². The number of hydrogen-bond acceptors (Lipinski definition) is 10. The number of carboxylic acids is 1. The number of nitrogens with two attached hydrogens (primary N) is 1. The number of allylic oxidation sites excluding steroid dienone is 1. The predicted molar refractivity (Wildman–Crippen MR) is 123 cm³/mol. The summed E-state index contributed by atoms with van der Waals surface area (Å²) in [4.78, 5) is 46.4. The van der Waals surface area contributed by atoms with Gasteiger partial charge in [0.05, 0.1) is 0 Å². The van der Waals surface area contributed by atoms with Crippen LogP contribution in [0.2, 0.25) is 4.34 Å². The highest BCUT2D eigenvalue weighted by molar-refractivity contribution is 8.00. The van der Waals surface area contributed by atoms with Crippen LogP contribution < -0.4 is 11.1 Å². The number of hydrogen-bond donors (Lipinski definition) is 4. The number of thioether (sulfide) groups is 1. The van der Waals surface area contributed by atoms with E-state index in [0.717, 1.165) is 21.8 Å². The Morgan fingerprint density at radius 2 is 2.18 bits per heavy atom. The molecule has 0 unspecified atom stereocenters. The van der Waals surface area contributed by atoms with Gasteiger partial charge in [-0.05, 0) is 17.2 Å². The highest BCUT2D eigenvalue weighted by Gasteiger charge is 2.54. The summed E-state index contributed by atoms with van der Waals surface area (Å²) in [7, 11) is 0. The molecule has 2 amide bonds. The standard InChI is InChI=1S/C19H15ClN6O5S2/c20-14-10(24-19(21)33-14)11(25-31)15(27)23-12-16(28)26-13(18(29)30)9(7-32-17(12)26)4-3-8-2-1-5-22-6-8/h1-6,12,17,31H,7H2,(H2,21,24)(H,23,27)(H,29,30)/b4-3-,25-11-/t12-,17-/m1/s1. The molecule has 2 aliphatic heterocycles. The molecule has 2 aromatic heterocycles. The van der Waals surface area contributed by atoms with Crippen LogP contribution in [-0.4, -0.2) is 65.8 Å². The third-order valence-corrected chi connectivity index (χ3v) is 7.18. The summed E-state index contributed by atoms with van der Waals surface area (Å²) in [5.41, 5.74) is 6.01. The first kappa shape index (κ1) is 22.8. The average Bonchev–Trinajstić information content (AvgIpc) is 3.13. The van der Waals surface area contributed by atoms with Crippen LogP contribution in [0.5, 0.6) is 0 Å². The lowest BCUT2D eigenvalue weighted by atomic mass is 10.0. The number of halogens is 1. The number of thiazole rings is 1. The molecule has 1 saturated heterocycles. The normalized spacial score (nSPS) is 20.6. The van der Waals surface area contributed by atoms with Gasteiger partial charge in [0, 0.05) is 18.1 Å². The summed E-state index contributed by atoms with van der Waals surface area (Å²) in [5, 5.41) is 23.9. The third kappa shape index (κ3) is 4.29. The van der Waals surface area contributed by atoms with Crippen LogP contribution in [0.1, 0.15) is 11.3 Å². The molecular formula is C19H15ClN6O5S2. The summed E-state index contributed by atoms with van der Waals surface area (Å²) in [6.45, 7) is 0. The lowest BCUT2D eigenvalue weighted by molar-refractivity contribution is -0.150. The first-order valence-corrected chi connectivity index (χ1v) is 11.5. The van der Waals surface area contributed by atoms with Gasteiger partial charge >= 0.3 is 5.97 Å². The molecule has 2 atom stereocenters. The van der Waals surface area contributed by atoms with Crippen molar-refractivity contribution in [3.63, 3.8) is 0 Å². The molecule has 170 valence electrons. The fourth-order valence-corrected chi connectivity index (χ4v) is 5.56. The number of oxime groups is 1. The SMILES string of the molecule is Nc1nc(/C(=N/O)C(=O)N[C@@H]2C(=O)N3C(C(=O)O)=C(/C=C\c4cccnc4)CS[C@H]23)c(Cl)s1. The van der Waals surface area contributed by atoms with Crippen molar-refractivity contribution in [1.82, 2.24) is 20.2 Å². The van der Waals surface area contributed by atoms with Crippen molar-refractivity contribution >= 4 is 69.4 Å². The maximum atomic E-state index is 12.8. The van der Waals surface area contributed by atoms with Crippen molar-refractivity contribution in [2.75, 3.05) is 11.5 Å². The molecule has 0 radical (unpaired) electrons. The van der Waals surface area contributed by atoms with Crippen LogP contribution in [0.25, 0.3) is 6.08 Å². The number of carbonyl (C=O) groups is 3. The highest BCUT2D eigenvalue weighted by Crippen LogP contribution is 2.41. The molecule has 14 heteroatoms. The van der Waals surface area contributed by atoms with Gasteiger partial charge in [-0.2, -0.15) is 0 Å². The molecule has 4 rings (SSSR count). The number of β-lactam (4-membered cyclic amide) rings is 1. The summed E-state index contributed by atoms with van der Waals surface area (Å²) in [6, 6.07) is 2.54. The number of amides is 2. The second-order valence-corrected chi connectivity index (χ2v) is 9.52. The zero-order valence-corrected chi connectivity index (χ0v) is 18.9. The number of pyridine rings is 1. The molecule has 33 heavy (non-hydrogen) atoms. The van der Waals surface area contributed by atoms with Crippen LogP contribution in [0.15, 0.2) is 47.0 Å². The Kier molecular flexibility index (Phi) is 6.35. The quantitative estimate of drug-likeness (QED) is 0.195. The second kappa shape index (κ2) is 9.21. The fourth-order valence-electron chi connectivity index (χ4n) is 3.32. The number of nitrogens with zero attached hydrogens (tertiary/aromatic N) is 4. The van der Waals surface area contributed by atoms with Gasteiger partial charge in [-0.15, -0.1) is 11.8 Å². The van der Waals surface area contributed by atoms with Gasteiger partial charge in [0.15, 0.2) is 10.8 Å². The van der Waals surface area contributed by atoms with E-state index in [1.807, 2.05) is 6.07 Å². The Morgan fingerprint density at radius 3 is 2.79 bits per heavy atom. The predicted octanol–water partition coefficient (Wildman–Crippen LogP) is 1.40. The highest BCUT2D eigenvalue weighted by atomic mass is 35.5. The number of carboxylic acid groups (broad SMARTS) is 1. The second-order valence-electron chi connectivity index (χ2n) is 6.78. The number of carbonyl (C=O) groups excluding carboxylic acids is 2. The first-order valence-electron chi connectivity index (χ1n) is 9.26. The zero-order chi connectivity index (χ0) is 23.7. The Labute approximate surface area is 199 Å². The molecule has 0 saturated carbocycles. The van der Waals surface area contributed by atoms with E-state index in [4.69, 9.17) is 17.3 Å². The molecule has 5 N–H and O–H groups in total. The summed E-state index contributed by atoms with van der Waals surface area (Å²) in [5.74, 6) is -2.46. The average molecular weight is 507 g/mol. The van der Waals surface area contributed by atoms with E-state index < -0.39 is 34.9 Å². The minimum atomic E-state index is -1.26. The minimum Gasteiger partial charge on any atom is -0.477 e. The van der Waals surface area contributed by atoms with Gasteiger partial charge in [0.25, 0.3) is 11.8 Å². The molecule has 0 aromatic carbocycles. The molecule has 2 aromatic rings. The maximum Gasteiger partial charge on any atom is 0.352 e. The van der Waals surface area contributed by atoms with E-state index in [2.05, 4.69) is 20.4 Å². The Balaban J connectivity index is 1.53. The lowest BCUT2D eigenvalue weighted by Gasteiger charge is -2.49. The summed E-state index contributed by atoms with van der Waals surface area (Å²) in [6.07, 6.45) is 6.59. The van der Waals surface area contributed by atoms with Crippen LogP contribution in [0.4, 0.5) is 5.13 Å². The minimum absolute atomic E-state index is 0.0465.